The molecular weight excluding hydrogens is 314 g/mol. The van der Waals surface area contributed by atoms with E-state index in [9.17, 15) is 0 Å². The van der Waals surface area contributed by atoms with Gasteiger partial charge in [-0.25, -0.2) is 4.99 Å². The maximum absolute atomic E-state index is 5.38. The van der Waals surface area contributed by atoms with E-state index >= 15 is 0 Å². The lowest BCUT2D eigenvalue weighted by Gasteiger charge is -2.19. The molecule has 0 saturated carbocycles. The lowest BCUT2D eigenvalue weighted by atomic mass is 9.92. The van der Waals surface area contributed by atoms with Crippen LogP contribution in [0.5, 0.6) is 5.75 Å². The Hall–Kier alpha value is -1.75. The SMILES string of the molecule is CCOCCCNC(=NCc1ccc(OC)cc1)NCCC(C)(C)C. The summed E-state index contributed by atoms with van der Waals surface area (Å²) in [5.41, 5.74) is 1.47. The van der Waals surface area contributed by atoms with Crippen LogP contribution in [0.15, 0.2) is 29.3 Å². The Kier molecular flexibility index (Phi) is 10.0. The van der Waals surface area contributed by atoms with Gasteiger partial charge in [0.25, 0.3) is 0 Å². The molecule has 0 radical (unpaired) electrons. The first-order valence-corrected chi connectivity index (χ1v) is 9.17. The van der Waals surface area contributed by atoms with Gasteiger partial charge in [0.1, 0.15) is 5.75 Å². The summed E-state index contributed by atoms with van der Waals surface area (Å²) < 4.78 is 10.6. The van der Waals surface area contributed by atoms with E-state index in [0.29, 0.717) is 12.0 Å². The zero-order valence-corrected chi connectivity index (χ0v) is 16.5. The molecule has 5 heteroatoms. The van der Waals surface area contributed by atoms with Crippen molar-refractivity contribution >= 4 is 5.96 Å². The standard InChI is InChI=1S/C20H35N3O2/c1-6-25-15-7-13-21-19(22-14-12-20(2,3)4)23-16-17-8-10-18(24-5)11-9-17/h8-11H,6-7,12-16H2,1-5H3,(H2,21,22,23). The van der Waals surface area contributed by atoms with E-state index in [4.69, 9.17) is 14.5 Å². The van der Waals surface area contributed by atoms with Gasteiger partial charge in [0.15, 0.2) is 5.96 Å². The number of ether oxygens (including phenoxy) is 2. The molecule has 0 aliphatic carbocycles. The smallest absolute Gasteiger partial charge is 0.191 e. The van der Waals surface area contributed by atoms with Crippen LogP contribution in [0.25, 0.3) is 0 Å². The van der Waals surface area contributed by atoms with Crippen LogP contribution in [0.2, 0.25) is 0 Å². The zero-order chi connectivity index (χ0) is 18.5. The second kappa shape index (κ2) is 11.7. The lowest BCUT2D eigenvalue weighted by Crippen LogP contribution is -2.39. The highest BCUT2D eigenvalue weighted by Gasteiger charge is 2.09. The van der Waals surface area contributed by atoms with Gasteiger partial charge in [-0.3, -0.25) is 0 Å². The van der Waals surface area contributed by atoms with E-state index in [2.05, 4.69) is 31.4 Å². The molecule has 0 bridgehead atoms. The minimum Gasteiger partial charge on any atom is -0.497 e. The molecule has 0 fully saturated rings. The summed E-state index contributed by atoms with van der Waals surface area (Å²) in [5.74, 6) is 1.72. The van der Waals surface area contributed by atoms with Crippen molar-refractivity contribution in [2.24, 2.45) is 10.4 Å². The van der Waals surface area contributed by atoms with Gasteiger partial charge in [-0.05, 0) is 42.9 Å². The molecule has 0 spiro atoms. The third-order valence-corrected chi connectivity index (χ3v) is 3.71. The molecule has 1 aromatic rings. The van der Waals surface area contributed by atoms with Crippen molar-refractivity contribution < 1.29 is 9.47 Å². The summed E-state index contributed by atoms with van der Waals surface area (Å²) in [5, 5.41) is 6.83. The van der Waals surface area contributed by atoms with Crippen LogP contribution >= 0.6 is 0 Å². The molecule has 0 aromatic heterocycles. The predicted molar refractivity (Wildman–Crippen MR) is 105 cm³/mol. The van der Waals surface area contributed by atoms with Crippen LogP contribution < -0.4 is 15.4 Å². The number of rotatable bonds is 10. The monoisotopic (exact) mass is 349 g/mol. The predicted octanol–water partition coefficient (Wildman–Crippen LogP) is 3.59. The topological polar surface area (TPSA) is 54.9 Å². The molecule has 142 valence electrons. The van der Waals surface area contributed by atoms with E-state index in [1.165, 1.54) is 0 Å². The molecule has 25 heavy (non-hydrogen) atoms. The van der Waals surface area contributed by atoms with Crippen molar-refractivity contribution in [3.05, 3.63) is 29.8 Å². The Balaban J connectivity index is 2.54. The normalized spacial score (nSPS) is 12.1. The number of hydrogen-bond acceptors (Lipinski definition) is 3. The second-order valence-electron chi connectivity index (χ2n) is 7.23. The largest absolute Gasteiger partial charge is 0.497 e. The van der Waals surface area contributed by atoms with Crippen LogP contribution in [0.1, 0.15) is 46.1 Å². The molecule has 0 unspecified atom stereocenters. The minimum atomic E-state index is 0.309. The number of methoxy groups -OCH3 is 1. The maximum Gasteiger partial charge on any atom is 0.191 e. The molecule has 1 aromatic carbocycles. The fraction of sp³-hybridized carbons (Fsp3) is 0.650. The number of nitrogens with zero attached hydrogens (tertiary/aromatic N) is 1. The molecular formula is C20H35N3O2. The van der Waals surface area contributed by atoms with E-state index < -0.39 is 0 Å². The van der Waals surface area contributed by atoms with Crippen molar-refractivity contribution in [2.45, 2.75) is 47.1 Å². The Morgan fingerprint density at radius 3 is 2.36 bits per heavy atom. The van der Waals surface area contributed by atoms with Crippen LogP contribution in [0.4, 0.5) is 0 Å². The Morgan fingerprint density at radius 2 is 1.76 bits per heavy atom. The highest BCUT2D eigenvalue weighted by molar-refractivity contribution is 5.79. The van der Waals surface area contributed by atoms with Gasteiger partial charge in [0, 0.05) is 26.3 Å². The van der Waals surface area contributed by atoms with Gasteiger partial charge in [0.05, 0.1) is 13.7 Å². The molecule has 1 rings (SSSR count). The summed E-state index contributed by atoms with van der Waals surface area (Å²) in [6.45, 7) is 12.7. The van der Waals surface area contributed by atoms with Crippen molar-refractivity contribution in [1.82, 2.24) is 10.6 Å². The zero-order valence-electron chi connectivity index (χ0n) is 16.5. The van der Waals surface area contributed by atoms with Gasteiger partial charge in [0.2, 0.25) is 0 Å². The van der Waals surface area contributed by atoms with Crippen molar-refractivity contribution in [3.8, 4) is 5.75 Å². The third kappa shape index (κ3) is 10.7. The first kappa shape index (κ1) is 21.3. The number of guanidine groups is 1. The van der Waals surface area contributed by atoms with Crippen LogP contribution in [0.3, 0.4) is 0 Å². The van der Waals surface area contributed by atoms with Gasteiger partial charge >= 0.3 is 0 Å². The van der Waals surface area contributed by atoms with Crippen molar-refractivity contribution in [1.29, 1.82) is 0 Å². The summed E-state index contributed by atoms with van der Waals surface area (Å²) in [7, 11) is 1.68. The minimum absolute atomic E-state index is 0.309. The van der Waals surface area contributed by atoms with Crippen molar-refractivity contribution in [3.63, 3.8) is 0 Å². The first-order chi connectivity index (χ1) is 11.9. The Morgan fingerprint density at radius 1 is 1.08 bits per heavy atom. The van der Waals surface area contributed by atoms with Gasteiger partial charge < -0.3 is 20.1 Å². The molecule has 0 saturated heterocycles. The number of nitrogens with one attached hydrogen (secondary N) is 2. The van der Waals surface area contributed by atoms with Gasteiger partial charge in [-0.15, -0.1) is 0 Å². The van der Waals surface area contributed by atoms with Crippen molar-refractivity contribution in [2.75, 3.05) is 33.4 Å². The van der Waals surface area contributed by atoms with Gasteiger partial charge in [-0.1, -0.05) is 32.9 Å². The molecule has 2 N–H and O–H groups in total. The molecule has 0 aliphatic heterocycles. The molecule has 0 aliphatic rings. The average Bonchev–Trinajstić information content (AvgIpc) is 2.58. The highest BCUT2D eigenvalue weighted by Crippen LogP contribution is 2.17. The Labute approximate surface area is 153 Å². The lowest BCUT2D eigenvalue weighted by molar-refractivity contribution is 0.145. The number of hydrogen-bond donors (Lipinski definition) is 2. The van der Waals surface area contributed by atoms with Crippen LogP contribution in [0, 0.1) is 5.41 Å². The van der Waals surface area contributed by atoms with Gasteiger partial charge in [-0.2, -0.15) is 0 Å². The number of benzene rings is 1. The average molecular weight is 350 g/mol. The fourth-order valence-corrected chi connectivity index (χ4v) is 2.16. The van der Waals surface area contributed by atoms with E-state index in [-0.39, 0.29) is 0 Å². The number of aliphatic imine (C=N–C) groups is 1. The Bertz CT molecular complexity index is 493. The summed E-state index contributed by atoms with van der Waals surface area (Å²) >= 11 is 0. The summed E-state index contributed by atoms with van der Waals surface area (Å²) in [4.78, 5) is 4.70. The highest BCUT2D eigenvalue weighted by atomic mass is 16.5. The first-order valence-electron chi connectivity index (χ1n) is 9.17. The molecule has 0 atom stereocenters. The second-order valence-corrected chi connectivity index (χ2v) is 7.23. The van der Waals surface area contributed by atoms with E-state index in [0.717, 1.165) is 56.4 Å². The fourth-order valence-electron chi connectivity index (χ4n) is 2.16. The molecule has 0 heterocycles. The molecule has 5 nitrogen and oxygen atoms in total. The molecule has 0 amide bonds. The quantitative estimate of drug-likeness (QED) is 0.385. The summed E-state index contributed by atoms with van der Waals surface area (Å²) in [6, 6.07) is 8.02. The van der Waals surface area contributed by atoms with E-state index in [1.54, 1.807) is 7.11 Å². The summed E-state index contributed by atoms with van der Waals surface area (Å²) in [6.07, 6.45) is 2.06. The third-order valence-electron chi connectivity index (χ3n) is 3.71. The maximum atomic E-state index is 5.38. The van der Waals surface area contributed by atoms with Crippen LogP contribution in [-0.4, -0.2) is 39.4 Å². The van der Waals surface area contributed by atoms with E-state index in [1.807, 2.05) is 31.2 Å². The van der Waals surface area contributed by atoms with Crippen LogP contribution in [-0.2, 0) is 11.3 Å².